The van der Waals surface area contributed by atoms with Crippen LogP contribution in [0.1, 0.15) is 25.6 Å². The molecule has 1 unspecified atom stereocenters. The number of rotatable bonds is 4. The Labute approximate surface area is 213 Å². The van der Waals surface area contributed by atoms with Gasteiger partial charge in [0.2, 0.25) is 0 Å². The zero-order chi connectivity index (χ0) is 25.2. The van der Waals surface area contributed by atoms with Gasteiger partial charge in [-0.25, -0.2) is 4.98 Å². The van der Waals surface area contributed by atoms with Gasteiger partial charge in [-0.15, -0.1) is 0 Å². The van der Waals surface area contributed by atoms with E-state index in [1.54, 1.807) is 0 Å². The SMILES string of the molecule is CC.CNc1ccc(-c2nc3ccc(C4Nc5cc(N6CCN(C)CC6)ccc5N4C)cc3[nH]2)nc1. The number of pyridine rings is 1. The van der Waals surface area contributed by atoms with Crippen molar-refractivity contribution in [1.82, 2.24) is 19.9 Å². The Morgan fingerprint density at radius 1 is 0.944 bits per heavy atom. The van der Waals surface area contributed by atoms with E-state index in [1.807, 2.05) is 39.2 Å². The maximum Gasteiger partial charge on any atom is 0.157 e. The number of aromatic nitrogens is 3. The van der Waals surface area contributed by atoms with Crippen molar-refractivity contribution in [2.75, 3.05) is 67.8 Å². The number of H-pyrrole nitrogens is 1. The van der Waals surface area contributed by atoms with Crippen molar-refractivity contribution >= 4 is 33.8 Å². The zero-order valence-corrected chi connectivity index (χ0v) is 21.8. The van der Waals surface area contributed by atoms with Crippen LogP contribution in [0.3, 0.4) is 0 Å². The van der Waals surface area contributed by atoms with Crippen molar-refractivity contribution in [2.24, 2.45) is 0 Å². The van der Waals surface area contributed by atoms with E-state index in [9.17, 15) is 0 Å². The molecule has 0 saturated carbocycles. The average Bonchev–Trinajstić information content (AvgIpc) is 3.50. The lowest BCUT2D eigenvalue weighted by atomic mass is 10.1. The number of hydrogen-bond donors (Lipinski definition) is 3. The normalized spacial score (nSPS) is 17.4. The highest BCUT2D eigenvalue weighted by Crippen LogP contribution is 2.42. The number of piperazine rings is 1. The highest BCUT2D eigenvalue weighted by Gasteiger charge is 2.28. The summed E-state index contributed by atoms with van der Waals surface area (Å²) in [5.74, 6) is 0.780. The first-order chi connectivity index (χ1) is 17.6. The number of hydrogen-bond acceptors (Lipinski definition) is 7. The molecule has 3 N–H and O–H groups in total. The van der Waals surface area contributed by atoms with Crippen LogP contribution in [0.2, 0.25) is 0 Å². The number of benzene rings is 2. The maximum absolute atomic E-state index is 4.75. The molecule has 1 atom stereocenters. The van der Waals surface area contributed by atoms with Crippen molar-refractivity contribution in [3.8, 4) is 11.5 Å². The third-order valence-electron chi connectivity index (χ3n) is 7.02. The van der Waals surface area contributed by atoms with Gasteiger partial charge in [0.1, 0.15) is 11.9 Å². The van der Waals surface area contributed by atoms with E-state index in [0.717, 1.165) is 54.4 Å². The third kappa shape index (κ3) is 4.44. The van der Waals surface area contributed by atoms with E-state index < -0.39 is 0 Å². The fraction of sp³-hybridized carbons (Fsp3) is 0.357. The van der Waals surface area contributed by atoms with Crippen LogP contribution >= 0.6 is 0 Å². The van der Waals surface area contributed by atoms with Crippen molar-refractivity contribution in [1.29, 1.82) is 0 Å². The van der Waals surface area contributed by atoms with E-state index in [2.05, 4.69) is 85.8 Å². The van der Waals surface area contributed by atoms with Gasteiger partial charge in [-0.2, -0.15) is 0 Å². The summed E-state index contributed by atoms with van der Waals surface area (Å²) in [4.78, 5) is 19.9. The molecule has 1 fully saturated rings. The number of anilines is 4. The molecule has 0 bridgehead atoms. The summed E-state index contributed by atoms with van der Waals surface area (Å²) in [7, 11) is 6.23. The molecular weight excluding hydrogens is 448 g/mol. The van der Waals surface area contributed by atoms with E-state index >= 15 is 0 Å². The lowest BCUT2D eigenvalue weighted by Crippen LogP contribution is -2.44. The van der Waals surface area contributed by atoms with Crippen LogP contribution in [0, 0.1) is 0 Å². The minimum Gasteiger partial charge on any atom is -0.387 e. The van der Waals surface area contributed by atoms with Gasteiger partial charge >= 0.3 is 0 Å². The Morgan fingerprint density at radius 3 is 2.47 bits per heavy atom. The van der Waals surface area contributed by atoms with Gasteiger partial charge in [0, 0.05) is 46.0 Å². The predicted octanol–water partition coefficient (Wildman–Crippen LogP) is 5.01. The number of aromatic amines is 1. The molecule has 0 radical (unpaired) electrons. The summed E-state index contributed by atoms with van der Waals surface area (Å²) in [5, 5.41) is 6.84. The standard InChI is InChI=1S/C26H30N8.C2H6/c1-27-18-5-8-21(28-16-18)25-29-20-7-4-17(14-22(20)30-25)26-31-23-15-19(6-9-24(23)33(26)3)34-12-10-32(2)11-13-34;1-2/h4-9,14-16,26-27,31H,10-13H2,1-3H3,(H,29,30);1-2H3. The molecule has 2 aromatic heterocycles. The molecule has 0 aliphatic carbocycles. The van der Waals surface area contributed by atoms with Crippen LogP contribution in [-0.2, 0) is 0 Å². The van der Waals surface area contributed by atoms with Gasteiger partial charge in [0.15, 0.2) is 5.82 Å². The van der Waals surface area contributed by atoms with Gasteiger partial charge in [0.05, 0.1) is 34.3 Å². The number of imidazole rings is 1. The summed E-state index contributed by atoms with van der Waals surface area (Å²) >= 11 is 0. The molecule has 8 heteroatoms. The Morgan fingerprint density at radius 2 is 1.75 bits per heavy atom. The highest BCUT2D eigenvalue weighted by atomic mass is 15.3. The van der Waals surface area contributed by atoms with Crippen molar-refractivity contribution < 1.29 is 0 Å². The maximum atomic E-state index is 4.75. The second kappa shape index (κ2) is 10.1. The van der Waals surface area contributed by atoms with Gasteiger partial charge in [-0.3, -0.25) is 4.98 Å². The van der Waals surface area contributed by atoms with Crippen LogP contribution in [0.25, 0.3) is 22.6 Å². The van der Waals surface area contributed by atoms with Gasteiger partial charge in [-0.05, 0) is 55.1 Å². The van der Waals surface area contributed by atoms with E-state index in [-0.39, 0.29) is 6.17 Å². The summed E-state index contributed by atoms with van der Waals surface area (Å²) in [6.45, 7) is 8.35. The lowest BCUT2D eigenvalue weighted by Gasteiger charge is -2.34. The number of fused-ring (bicyclic) bond motifs is 2. The molecule has 1 saturated heterocycles. The molecule has 2 aromatic carbocycles. The summed E-state index contributed by atoms with van der Waals surface area (Å²) in [6, 6.07) is 17.2. The van der Waals surface area contributed by atoms with E-state index in [1.165, 1.54) is 22.6 Å². The Bertz CT molecular complexity index is 1320. The highest BCUT2D eigenvalue weighted by molar-refractivity contribution is 5.83. The van der Waals surface area contributed by atoms with Crippen LogP contribution in [0.4, 0.5) is 22.7 Å². The summed E-state index contributed by atoms with van der Waals surface area (Å²) in [5.41, 5.74) is 8.65. The molecule has 36 heavy (non-hydrogen) atoms. The average molecular weight is 485 g/mol. The molecule has 188 valence electrons. The van der Waals surface area contributed by atoms with Crippen molar-refractivity contribution in [2.45, 2.75) is 20.0 Å². The quantitative estimate of drug-likeness (QED) is 0.376. The molecule has 8 nitrogen and oxygen atoms in total. The fourth-order valence-electron chi connectivity index (χ4n) is 4.90. The van der Waals surface area contributed by atoms with Gasteiger partial charge < -0.3 is 30.3 Å². The minimum atomic E-state index is 0.0712. The second-order valence-electron chi connectivity index (χ2n) is 9.19. The smallest absolute Gasteiger partial charge is 0.157 e. The van der Waals surface area contributed by atoms with Crippen molar-refractivity contribution in [3.63, 3.8) is 0 Å². The first-order valence-electron chi connectivity index (χ1n) is 12.8. The molecule has 0 spiro atoms. The minimum absolute atomic E-state index is 0.0712. The first kappa shape index (κ1) is 23.9. The molecule has 6 rings (SSSR count). The molecule has 2 aliphatic heterocycles. The van der Waals surface area contributed by atoms with E-state index in [0.29, 0.717) is 0 Å². The lowest BCUT2D eigenvalue weighted by molar-refractivity contribution is 0.313. The fourth-order valence-corrected chi connectivity index (χ4v) is 4.90. The topological polar surface area (TPSA) is 75.4 Å². The largest absolute Gasteiger partial charge is 0.387 e. The van der Waals surface area contributed by atoms with Crippen LogP contribution in [-0.4, -0.2) is 67.2 Å². The van der Waals surface area contributed by atoms with Crippen LogP contribution in [0.15, 0.2) is 54.7 Å². The molecule has 2 aliphatic rings. The number of nitrogens with one attached hydrogen (secondary N) is 3. The zero-order valence-electron chi connectivity index (χ0n) is 21.8. The van der Waals surface area contributed by atoms with E-state index in [4.69, 9.17) is 4.98 Å². The second-order valence-corrected chi connectivity index (χ2v) is 9.19. The predicted molar refractivity (Wildman–Crippen MR) is 151 cm³/mol. The van der Waals surface area contributed by atoms with Crippen LogP contribution in [0.5, 0.6) is 0 Å². The monoisotopic (exact) mass is 484 g/mol. The molecule has 4 heterocycles. The third-order valence-corrected chi connectivity index (χ3v) is 7.02. The Balaban J connectivity index is 0.00000130. The van der Waals surface area contributed by atoms with Crippen molar-refractivity contribution in [3.05, 3.63) is 60.3 Å². The summed E-state index contributed by atoms with van der Waals surface area (Å²) < 4.78 is 0. The summed E-state index contributed by atoms with van der Waals surface area (Å²) in [6.07, 6.45) is 1.89. The number of nitrogens with zero attached hydrogens (tertiary/aromatic N) is 5. The molecule has 0 amide bonds. The molecule has 4 aromatic rings. The van der Waals surface area contributed by atoms with Crippen LogP contribution < -0.4 is 20.4 Å². The molecular formula is C28H36N8. The number of likely N-dealkylation sites (N-methyl/N-ethyl adjacent to an activating group) is 1. The first-order valence-corrected chi connectivity index (χ1v) is 12.8. The Kier molecular flexibility index (Phi) is 6.69. The van der Waals surface area contributed by atoms with Gasteiger partial charge in [-0.1, -0.05) is 19.9 Å². The van der Waals surface area contributed by atoms with Gasteiger partial charge in [0.25, 0.3) is 0 Å². The Hall–Kier alpha value is -3.78.